The minimum Gasteiger partial charge on any atom is -0.504 e. The molecule has 0 aliphatic carbocycles. The van der Waals surface area contributed by atoms with E-state index < -0.39 is 15.2 Å². The third-order valence-electron chi connectivity index (χ3n) is 2.88. The minimum absolute atomic E-state index is 0.0712. The Balaban J connectivity index is 2.27. The van der Waals surface area contributed by atoms with Crippen LogP contribution in [0.3, 0.4) is 0 Å². The molecule has 1 aliphatic rings. The van der Waals surface area contributed by atoms with E-state index in [1.807, 2.05) is 4.90 Å². The van der Waals surface area contributed by atoms with Gasteiger partial charge in [-0.25, -0.2) is 8.42 Å². The number of phenolic OH excluding ortho intramolecular Hbond substituents is 1. The molecule has 0 saturated carbocycles. The van der Waals surface area contributed by atoms with Gasteiger partial charge in [0.1, 0.15) is 5.21 Å². The van der Waals surface area contributed by atoms with E-state index in [0.29, 0.717) is 5.69 Å². The van der Waals surface area contributed by atoms with Crippen LogP contribution in [0.5, 0.6) is 5.75 Å². The van der Waals surface area contributed by atoms with Crippen LogP contribution in [-0.4, -0.2) is 44.9 Å². The molecule has 0 bridgehead atoms. The van der Waals surface area contributed by atoms with E-state index in [2.05, 4.69) is 10.0 Å². The average molecular weight is 306 g/mol. The van der Waals surface area contributed by atoms with Crippen molar-refractivity contribution >= 4 is 33.0 Å². The van der Waals surface area contributed by atoms with Gasteiger partial charge in [-0.05, 0) is 12.1 Å². The predicted molar refractivity (Wildman–Crippen MR) is 76.5 cm³/mol. The van der Waals surface area contributed by atoms with Gasteiger partial charge < -0.3 is 15.3 Å². The summed E-state index contributed by atoms with van der Waals surface area (Å²) in [6.45, 7) is 3.19. The number of hydrogen-bond donors (Lipinski definition) is 3. The Morgan fingerprint density at radius 3 is 2.68 bits per heavy atom. The molecule has 1 aliphatic heterocycles. The van der Waals surface area contributed by atoms with E-state index in [9.17, 15) is 13.5 Å². The number of halogens is 1. The Hall–Kier alpha value is -1.18. The van der Waals surface area contributed by atoms with Crippen LogP contribution in [0, 0.1) is 0 Å². The number of aromatic hydroxyl groups is 1. The molecule has 1 aromatic rings. The maximum absolute atomic E-state index is 11.4. The zero-order valence-corrected chi connectivity index (χ0v) is 11.8. The van der Waals surface area contributed by atoms with E-state index in [1.54, 1.807) is 12.1 Å². The van der Waals surface area contributed by atoms with Crippen molar-refractivity contribution < 1.29 is 13.5 Å². The van der Waals surface area contributed by atoms with Crippen LogP contribution in [0.1, 0.15) is 0 Å². The van der Waals surface area contributed by atoms with Crippen molar-refractivity contribution in [3.05, 3.63) is 18.2 Å². The molecule has 0 aromatic heterocycles. The number of sulfonamides is 1. The standard InChI is InChI=1S/C11H16ClN3O3S/c12-8-19(17,18)14-9-2-1-3-10(11(9)16)15-6-4-13-5-7-15/h1-3,13-14,16H,4-8H2. The van der Waals surface area contributed by atoms with Gasteiger partial charge in [0.15, 0.2) is 5.75 Å². The molecule has 1 aromatic carbocycles. The normalized spacial score (nSPS) is 16.4. The molecule has 3 N–H and O–H groups in total. The molecular weight excluding hydrogens is 290 g/mol. The van der Waals surface area contributed by atoms with Gasteiger partial charge in [-0.3, -0.25) is 4.72 Å². The number of anilines is 2. The van der Waals surface area contributed by atoms with Crippen LogP contribution in [-0.2, 0) is 10.0 Å². The SMILES string of the molecule is O=S(=O)(CCl)Nc1cccc(N2CCNCC2)c1O. The highest BCUT2D eigenvalue weighted by Crippen LogP contribution is 2.35. The number of hydrogen-bond acceptors (Lipinski definition) is 5. The second kappa shape index (κ2) is 5.85. The van der Waals surface area contributed by atoms with Crippen molar-refractivity contribution in [3.63, 3.8) is 0 Å². The van der Waals surface area contributed by atoms with Crippen LogP contribution < -0.4 is 14.9 Å². The maximum Gasteiger partial charge on any atom is 0.246 e. The molecule has 0 amide bonds. The number of phenols is 1. The number of piperazine rings is 1. The average Bonchev–Trinajstić information content (AvgIpc) is 2.42. The van der Waals surface area contributed by atoms with Gasteiger partial charge in [0.25, 0.3) is 0 Å². The van der Waals surface area contributed by atoms with Gasteiger partial charge >= 0.3 is 0 Å². The topological polar surface area (TPSA) is 81.7 Å². The fourth-order valence-electron chi connectivity index (χ4n) is 1.97. The maximum atomic E-state index is 11.4. The summed E-state index contributed by atoms with van der Waals surface area (Å²) in [5.41, 5.74) is 0.771. The lowest BCUT2D eigenvalue weighted by Crippen LogP contribution is -2.43. The van der Waals surface area contributed by atoms with E-state index in [4.69, 9.17) is 11.6 Å². The minimum atomic E-state index is -3.62. The summed E-state index contributed by atoms with van der Waals surface area (Å²) in [5, 5.41) is 12.8. The second-order valence-electron chi connectivity index (χ2n) is 4.24. The van der Waals surface area contributed by atoms with Crippen molar-refractivity contribution in [2.75, 3.05) is 41.0 Å². The number of alkyl halides is 1. The highest BCUT2D eigenvalue weighted by molar-refractivity contribution is 7.93. The lowest BCUT2D eigenvalue weighted by molar-refractivity contribution is 0.473. The first-order chi connectivity index (χ1) is 9.03. The summed E-state index contributed by atoms with van der Waals surface area (Å²) in [6, 6.07) is 4.97. The zero-order chi connectivity index (χ0) is 13.9. The Bertz CT molecular complexity index is 544. The summed E-state index contributed by atoms with van der Waals surface area (Å²) >= 11 is 5.33. The van der Waals surface area contributed by atoms with Gasteiger partial charge in [0.05, 0.1) is 11.4 Å². The van der Waals surface area contributed by atoms with Crippen molar-refractivity contribution in [1.82, 2.24) is 5.32 Å². The number of nitrogens with zero attached hydrogens (tertiary/aromatic N) is 1. The van der Waals surface area contributed by atoms with Crippen molar-refractivity contribution in [3.8, 4) is 5.75 Å². The molecular formula is C11H16ClN3O3S. The first-order valence-corrected chi connectivity index (χ1v) is 8.06. The van der Waals surface area contributed by atoms with Gasteiger partial charge in [-0.15, -0.1) is 11.6 Å². The third kappa shape index (κ3) is 3.43. The highest BCUT2D eigenvalue weighted by atomic mass is 35.5. The summed E-state index contributed by atoms with van der Waals surface area (Å²) in [6.07, 6.45) is 0. The first kappa shape index (κ1) is 14.2. The summed E-state index contributed by atoms with van der Waals surface area (Å²) in [7, 11) is -3.62. The van der Waals surface area contributed by atoms with Crippen LogP contribution in [0.2, 0.25) is 0 Å². The van der Waals surface area contributed by atoms with Crippen molar-refractivity contribution in [2.45, 2.75) is 0 Å². The van der Waals surface area contributed by atoms with Crippen LogP contribution in [0.4, 0.5) is 11.4 Å². The van der Waals surface area contributed by atoms with E-state index in [0.717, 1.165) is 26.2 Å². The van der Waals surface area contributed by atoms with Crippen LogP contribution >= 0.6 is 11.6 Å². The van der Waals surface area contributed by atoms with E-state index in [-0.39, 0.29) is 11.4 Å². The summed E-state index contributed by atoms with van der Waals surface area (Å²) < 4.78 is 25.1. The Morgan fingerprint density at radius 1 is 1.37 bits per heavy atom. The molecule has 0 unspecified atom stereocenters. The third-order valence-corrected chi connectivity index (χ3v) is 4.56. The van der Waals surface area contributed by atoms with E-state index in [1.165, 1.54) is 6.07 Å². The second-order valence-corrected chi connectivity index (χ2v) is 6.54. The zero-order valence-electron chi connectivity index (χ0n) is 10.3. The molecule has 0 radical (unpaired) electrons. The quantitative estimate of drug-likeness (QED) is 0.565. The number of para-hydroxylation sites is 1. The molecule has 19 heavy (non-hydrogen) atoms. The smallest absolute Gasteiger partial charge is 0.246 e. The fourth-order valence-corrected chi connectivity index (χ4v) is 2.69. The van der Waals surface area contributed by atoms with Gasteiger partial charge in [0.2, 0.25) is 10.0 Å². The Kier molecular flexibility index (Phi) is 4.38. The Labute approximate surface area is 117 Å². The van der Waals surface area contributed by atoms with Crippen LogP contribution in [0.15, 0.2) is 18.2 Å². The fraction of sp³-hybridized carbons (Fsp3) is 0.455. The molecule has 0 atom stereocenters. The van der Waals surface area contributed by atoms with Crippen LogP contribution in [0.25, 0.3) is 0 Å². The largest absolute Gasteiger partial charge is 0.504 e. The number of rotatable bonds is 4. The molecule has 1 heterocycles. The molecule has 2 rings (SSSR count). The first-order valence-electron chi connectivity index (χ1n) is 5.87. The number of benzene rings is 1. The lowest BCUT2D eigenvalue weighted by Gasteiger charge is -2.30. The van der Waals surface area contributed by atoms with Crippen molar-refractivity contribution in [2.24, 2.45) is 0 Å². The molecule has 106 valence electrons. The van der Waals surface area contributed by atoms with Gasteiger partial charge in [-0.1, -0.05) is 6.07 Å². The van der Waals surface area contributed by atoms with E-state index >= 15 is 0 Å². The lowest BCUT2D eigenvalue weighted by atomic mass is 10.2. The monoisotopic (exact) mass is 305 g/mol. The van der Waals surface area contributed by atoms with Gasteiger partial charge in [-0.2, -0.15) is 0 Å². The number of nitrogens with one attached hydrogen (secondary N) is 2. The molecule has 0 spiro atoms. The highest BCUT2D eigenvalue weighted by Gasteiger charge is 2.18. The summed E-state index contributed by atoms with van der Waals surface area (Å²) in [5.74, 6) is -0.0712. The predicted octanol–water partition coefficient (Wildman–Crippen LogP) is 0.740. The molecule has 6 nitrogen and oxygen atoms in total. The Morgan fingerprint density at radius 2 is 2.05 bits per heavy atom. The van der Waals surface area contributed by atoms with Crippen molar-refractivity contribution in [1.29, 1.82) is 0 Å². The molecule has 1 saturated heterocycles. The molecule has 8 heteroatoms. The summed E-state index contributed by atoms with van der Waals surface area (Å²) in [4.78, 5) is 2.00. The van der Waals surface area contributed by atoms with Gasteiger partial charge in [0, 0.05) is 26.2 Å². The molecule has 1 fully saturated rings.